The summed E-state index contributed by atoms with van der Waals surface area (Å²) in [5.74, 6) is -0.159. The number of hydrogen-bond donors (Lipinski definition) is 0. The summed E-state index contributed by atoms with van der Waals surface area (Å²) in [6.45, 7) is 4.59. The van der Waals surface area contributed by atoms with E-state index in [9.17, 15) is 9.59 Å². The number of amides is 1. The van der Waals surface area contributed by atoms with Crippen LogP contribution < -0.4 is 5.56 Å². The van der Waals surface area contributed by atoms with E-state index >= 15 is 0 Å². The van der Waals surface area contributed by atoms with Gasteiger partial charge in [0.1, 0.15) is 5.69 Å². The lowest BCUT2D eigenvalue weighted by Crippen LogP contribution is -2.39. The smallest absolute Gasteiger partial charge is 0.274 e. The van der Waals surface area contributed by atoms with Crippen molar-refractivity contribution in [2.24, 2.45) is 7.05 Å². The van der Waals surface area contributed by atoms with Crippen molar-refractivity contribution in [3.05, 3.63) is 64.1 Å². The van der Waals surface area contributed by atoms with Gasteiger partial charge in [0.15, 0.2) is 0 Å². The first-order valence-corrected chi connectivity index (χ1v) is 7.42. The number of benzene rings is 1. The molecule has 2 aromatic rings. The molecule has 0 radical (unpaired) electrons. The number of carbonyl (C=O) groups is 1. The molecule has 0 aliphatic rings. The van der Waals surface area contributed by atoms with Crippen molar-refractivity contribution in [3.63, 3.8) is 0 Å². The van der Waals surface area contributed by atoms with Gasteiger partial charge in [-0.3, -0.25) is 9.59 Å². The maximum Gasteiger partial charge on any atom is 0.274 e. The van der Waals surface area contributed by atoms with Crippen LogP contribution in [0.15, 0.2) is 47.3 Å². The minimum Gasteiger partial charge on any atom is -0.330 e. The molecule has 1 aromatic carbocycles. The summed E-state index contributed by atoms with van der Waals surface area (Å²) in [5, 5.41) is 4.06. The Kier molecular flexibility index (Phi) is 5.09. The lowest BCUT2D eigenvalue weighted by atomic mass is 10.1. The molecule has 1 heterocycles. The number of carbonyl (C=O) groups excluding carboxylic acids is 1. The Balaban J connectivity index is 2.30. The Labute approximate surface area is 130 Å². The summed E-state index contributed by atoms with van der Waals surface area (Å²) >= 11 is 0. The summed E-state index contributed by atoms with van der Waals surface area (Å²) in [4.78, 5) is 26.0. The van der Waals surface area contributed by atoms with Gasteiger partial charge in [0, 0.05) is 25.7 Å². The molecule has 0 N–H and O–H groups in total. The highest BCUT2D eigenvalue weighted by Gasteiger charge is 2.22. The van der Waals surface area contributed by atoms with Gasteiger partial charge in [-0.05, 0) is 25.0 Å². The Hall–Kier alpha value is -2.43. The second-order valence-corrected chi connectivity index (χ2v) is 5.36. The lowest BCUT2D eigenvalue weighted by Gasteiger charge is -2.28. The Morgan fingerprint density at radius 3 is 2.50 bits per heavy atom. The van der Waals surface area contributed by atoms with Gasteiger partial charge in [0.05, 0.1) is 0 Å². The third-order valence-corrected chi connectivity index (χ3v) is 3.76. The van der Waals surface area contributed by atoms with Crippen molar-refractivity contribution in [1.29, 1.82) is 0 Å². The van der Waals surface area contributed by atoms with Gasteiger partial charge in [-0.1, -0.05) is 37.3 Å². The van der Waals surface area contributed by atoms with E-state index in [1.165, 1.54) is 16.8 Å². The zero-order valence-electron chi connectivity index (χ0n) is 13.2. The first-order chi connectivity index (χ1) is 10.5. The number of aromatic nitrogens is 2. The first-order valence-electron chi connectivity index (χ1n) is 7.42. The molecule has 1 amide bonds. The summed E-state index contributed by atoms with van der Waals surface area (Å²) in [6, 6.07) is 12.8. The Morgan fingerprint density at radius 2 is 1.91 bits per heavy atom. The lowest BCUT2D eigenvalue weighted by molar-refractivity contribution is 0.0662. The van der Waals surface area contributed by atoms with Gasteiger partial charge < -0.3 is 4.90 Å². The molecule has 0 saturated carbocycles. The summed E-state index contributed by atoms with van der Waals surface area (Å²) < 4.78 is 1.19. The number of hydrogen-bond acceptors (Lipinski definition) is 3. The molecule has 116 valence electrons. The maximum absolute atomic E-state index is 12.8. The highest BCUT2D eigenvalue weighted by atomic mass is 16.2. The van der Waals surface area contributed by atoms with E-state index in [1.807, 2.05) is 44.2 Å². The third kappa shape index (κ3) is 3.61. The predicted octanol–water partition coefficient (Wildman–Crippen LogP) is 2.22. The molecule has 22 heavy (non-hydrogen) atoms. The fourth-order valence-electron chi connectivity index (χ4n) is 2.19. The number of aryl methyl sites for hydroxylation is 1. The van der Waals surface area contributed by atoms with Crippen LogP contribution in [0.5, 0.6) is 0 Å². The average molecular weight is 299 g/mol. The minimum atomic E-state index is -0.227. The molecule has 2 rings (SSSR count). The monoisotopic (exact) mass is 299 g/mol. The maximum atomic E-state index is 12.8. The fourth-order valence-corrected chi connectivity index (χ4v) is 2.19. The molecular formula is C17H21N3O2. The van der Waals surface area contributed by atoms with Crippen molar-refractivity contribution in [2.75, 3.05) is 0 Å². The van der Waals surface area contributed by atoms with Crippen molar-refractivity contribution in [1.82, 2.24) is 14.7 Å². The normalized spacial score (nSPS) is 12.0. The van der Waals surface area contributed by atoms with Crippen LogP contribution in [-0.4, -0.2) is 26.6 Å². The van der Waals surface area contributed by atoms with Gasteiger partial charge in [-0.2, -0.15) is 5.10 Å². The molecule has 0 aliphatic carbocycles. The van der Waals surface area contributed by atoms with Crippen molar-refractivity contribution in [2.45, 2.75) is 32.9 Å². The molecule has 0 fully saturated rings. The SMILES string of the molecule is CCC(C)N(Cc1ccccc1)C(=O)c1ccc(=O)n(C)n1. The highest BCUT2D eigenvalue weighted by Crippen LogP contribution is 2.13. The molecule has 5 heteroatoms. The second kappa shape index (κ2) is 7.02. The summed E-state index contributed by atoms with van der Waals surface area (Å²) in [6.07, 6.45) is 0.852. The van der Waals surface area contributed by atoms with E-state index in [0.717, 1.165) is 12.0 Å². The molecule has 0 spiro atoms. The third-order valence-electron chi connectivity index (χ3n) is 3.76. The highest BCUT2D eigenvalue weighted by molar-refractivity contribution is 5.92. The molecule has 5 nitrogen and oxygen atoms in total. The van der Waals surface area contributed by atoms with E-state index in [-0.39, 0.29) is 17.5 Å². The first kappa shape index (κ1) is 15.9. The zero-order chi connectivity index (χ0) is 16.1. The molecule has 0 aliphatic heterocycles. The van der Waals surface area contributed by atoms with Crippen LogP contribution in [0.25, 0.3) is 0 Å². The van der Waals surface area contributed by atoms with Gasteiger partial charge >= 0.3 is 0 Å². The van der Waals surface area contributed by atoms with Gasteiger partial charge in [-0.25, -0.2) is 4.68 Å². The topological polar surface area (TPSA) is 55.2 Å². The predicted molar refractivity (Wildman–Crippen MR) is 85.5 cm³/mol. The van der Waals surface area contributed by atoms with Crippen molar-refractivity contribution < 1.29 is 4.79 Å². The van der Waals surface area contributed by atoms with Gasteiger partial charge in [-0.15, -0.1) is 0 Å². The Bertz CT molecular complexity index is 695. The molecule has 1 atom stereocenters. The summed E-state index contributed by atoms with van der Waals surface area (Å²) in [7, 11) is 1.55. The Morgan fingerprint density at radius 1 is 1.23 bits per heavy atom. The van der Waals surface area contributed by atoms with Crippen LogP contribution >= 0.6 is 0 Å². The second-order valence-electron chi connectivity index (χ2n) is 5.36. The quantitative estimate of drug-likeness (QED) is 0.850. The average Bonchev–Trinajstić information content (AvgIpc) is 2.55. The van der Waals surface area contributed by atoms with E-state index in [4.69, 9.17) is 0 Å². The number of nitrogens with zero attached hydrogens (tertiary/aromatic N) is 3. The van der Waals surface area contributed by atoms with Crippen LogP contribution in [0.1, 0.15) is 36.3 Å². The van der Waals surface area contributed by atoms with Gasteiger partial charge in [0.2, 0.25) is 0 Å². The largest absolute Gasteiger partial charge is 0.330 e. The van der Waals surface area contributed by atoms with Crippen LogP contribution in [0.3, 0.4) is 0 Å². The minimum absolute atomic E-state index is 0.0896. The van der Waals surface area contributed by atoms with E-state index in [2.05, 4.69) is 5.10 Å². The van der Waals surface area contributed by atoms with E-state index < -0.39 is 0 Å². The van der Waals surface area contributed by atoms with Crippen LogP contribution in [0, 0.1) is 0 Å². The van der Waals surface area contributed by atoms with Crippen LogP contribution in [0.2, 0.25) is 0 Å². The van der Waals surface area contributed by atoms with Crippen LogP contribution in [0.4, 0.5) is 0 Å². The molecule has 1 unspecified atom stereocenters. The van der Waals surface area contributed by atoms with Crippen molar-refractivity contribution >= 4 is 5.91 Å². The van der Waals surface area contributed by atoms with E-state index in [0.29, 0.717) is 12.2 Å². The standard InChI is InChI=1S/C17H21N3O2/c1-4-13(2)20(12-14-8-6-5-7-9-14)17(22)15-10-11-16(21)19(3)18-15/h5-11,13H,4,12H2,1-3H3. The molecule has 0 saturated heterocycles. The fraction of sp³-hybridized carbons (Fsp3) is 0.353. The molecular weight excluding hydrogens is 278 g/mol. The van der Waals surface area contributed by atoms with Crippen molar-refractivity contribution in [3.8, 4) is 0 Å². The molecule has 1 aromatic heterocycles. The van der Waals surface area contributed by atoms with E-state index in [1.54, 1.807) is 11.9 Å². The number of rotatable bonds is 5. The zero-order valence-corrected chi connectivity index (χ0v) is 13.2. The van der Waals surface area contributed by atoms with Gasteiger partial charge in [0.25, 0.3) is 11.5 Å². The summed E-state index contributed by atoms with van der Waals surface area (Å²) in [5.41, 5.74) is 1.13. The molecule has 0 bridgehead atoms. The van der Waals surface area contributed by atoms with Crippen LogP contribution in [-0.2, 0) is 13.6 Å².